The molecule has 0 saturated carbocycles. The van der Waals surface area contributed by atoms with Crippen molar-refractivity contribution in [2.45, 2.75) is 5.16 Å². The molecule has 2 heterocycles. The molecule has 0 spiro atoms. The van der Waals surface area contributed by atoms with E-state index in [2.05, 4.69) is 15.1 Å². The Balaban J connectivity index is 2.09. The van der Waals surface area contributed by atoms with Gasteiger partial charge >= 0.3 is 0 Å². The number of nitrogens with two attached hydrogens (primary N) is 1. The number of nitrogens with zero attached hydrogens (tertiary/aromatic N) is 4. The predicted molar refractivity (Wildman–Crippen MR) is 99.6 cm³/mol. The van der Waals surface area contributed by atoms with Gasteiger partial charge in [0.05, 0.1) is 16.8 Å². The first kappa shape index (κ1) is 16.2. The van der Waals surface area contributed by atoms with E-state index in [-0.39, 0.29) is 10.8 Å². The molecule has 2 aromatic heterocycles. The summed E-state index contributed by atoms with van der Waals surface area (Å²) >= 11 is 0. The number of hydrogen-bond acceptors (Lipinski definition) is 6. The molecular weight excluding hydrogens is 350 g/mol. The smallest absolute Gasteiger partial charge is 0.249 e. The molecule has 2 aromatic carbocycles. The van der Waals surface area contributed by atoms with E-state index in [1.165, 1.54) is 4.68 Å². The van der Waals surface area contributed by atoms with Crippen molar-refractivity contribution < 1.29 is 8.42 Å². The second-order valence-electron chi connectivity index (χ2n) is 5.82. The second kappa shape index (κ2) is 5.92. The minimum absolute atomic E-state index is 0.237. The molecule has 0 atom stereocenters. The van der Waals surface area contributed by atoms with E-state index in [9.17, 15) is 8.42 Å². The second-order valence-corrected chi connectivity index (χ2v) is 7.73. The van der Waals surface area contributed by atoms with Crippen LogP contribution < -0.4 is 5.73 Å². The molecule has 0 saturated heterocycles. The summed E-state index contributed by atoms with van der Waals surface area (Å²) in [5.74, 6) is 0.352. The lowest BCUT2D eigenvalue weighted by atomic mass is 10.1. The summed E-state index contributed by atoms with van der Waals surface area (Å²) in [4.78, 5) is 8.41. The van der Waals surface area contributed by atoms with Crippen molar-refractivity contribution in [1.82, 2.24) is 19.7 Å². The average molecular weight is 365 g/mol. The minimum Gasteiger partial charge on any atom is -0.383 e. The van der Waals surface area contributed by atoms with Gasteiger partial charge in [-0.1, -0.05) is 48.5 Å². The predicted octanol–water partition coefficient (Wildman–Crippen LogP) is 2.47. The highest BCUT2D eigenvalue weighted by atomic mass is 32.2. The summed E-state index contributed by atoms with van der Waals surface area (Å²) in [5, 5.41) is 4.66. The van der Waals surface area contributed by atoms with Crippen LogP contribution in [0.1, 0.15) is 0 Å². The van der Waals surface area contributed by atoms with Gasteiger partial charge < -0.3 is 5.73 Å². The van der Waals surface area contributed by atoms with Crippen LogP contribution in [0.4, 0.5) is 5.82 Å². The minimum atomic E-state index is -3.61. The van der Waals surface area contributed by atoms with Crippen LogP contribution in [0, 0.1) is 0 Å². The third kappa shape index (κ3) is 2.70. The third-order valence-corrected chi connectivity index (χ3v) is 4.77. The number of nitrogen functional groups attached to an aromatic ring is 1. The van der Waals surface area contributed by atoms with Gasteiger partial charge in [0, 0.05) is 11.8 Å². The van der Waals surface area contributed by atoms with Crippen molar-refractivity contribution in [3.63, 3.8) is 0 Å². The maximum absolute atomic E-state index is 12.0. The molecule has 0 radical (unpaired) electrons. The van der Waals surface area contributed by atoms with E-state index in [1.54, 1.807) is 0 Å². The summed E-state index contributed by atoms with van der Waals surface area (Å²) in [6.45, 7) is 0. The summed E-state index contributed by atoms with van der Waals surface area (Å²) in [5.41, 5.74) is 8.51. The van der Waals surface area contributed by atoms with Gasteiger partial charge in [0.15, 0.2) is 5.65 Å². The SMILES string of the molecule is CS(=O)(=O)c1nc(-c2ccccc2)c2c(N)n(-c3ccccc3)nc2n1. The molecule has 4 aromatic rings. The zero-order valence-electron chi connectivity index (χ0n) is 13.9. The number of aromatic nitrogens is 4. The zero-order valence-corrected chi connectivity index (χ0v) is 14.7. The first-order valence-corrected chi connectivity index (χ1v) is 9.71. The van der Waals surface area contributed by atoms with Gasteiger partial charge in [-0.3, -0.25) is 0 Å². The third-order valence-electron chi connectivity index (χ3n) is 3.93. The highest BCUT2D eigenvalue weighted by Gasteiger charge is 2.22. The summed E-state index contributed by atoms with van der Waals surface area (Å²) in [6, 6.07) is 18.6. The number of sulfone groups is 1. The monoisotopic (exact) mass is 365 g/mol. The maximum Gasteiger partial charge on any atom is 0.249 e. The largest absolute Gasteiger partial charge is 0.383 e. The van der Waals surface area contributed by atoms with Crippen LogP contribution in [0.5, 0.6) is 0 Å². The lowest BCUT2D eigenvalue weighted by Gasteiger charge is -2.06. The van der Waals surface area contributed by atoms with Gasteiger partial charge in [0.2, 0.25) is 15.0 Å². The Hall–Kier alpha value is -3.26. The van der Waals surface area contributed by atoms with Crippen molar-refractivity contribution in [3.8, 4) is 16.9 Å². The van der Waals surface area contributed by atoms with Gasteiger partial charge in [-0.25, -0.2) is 18.1 Å². The van der Waals surface area contributed by atoms with Crippen LogP contribution >= 0.6 is 0 Å². The molecule has 0 bridgehead atoms. The van der Waals surface area contributed by atoms with Crippen molar-refractivity contribution in [2.24, 2.45) is 0 Å². The molecule has 2 N–H and O–H groups in total. The molecule has 0 fully saturated rings. The Bertz CT molecular complexity index is 1200. The molecule has 0 unspecified atom stereocenters. The molecule has 4 rings (SSSR count). The molecule has 0 aliphatic carbocycles. The number of hydrogen-bond donors (Lipinski definition) is 1. The Morgan fingerprint density at radius 3 is 2.15 bits per heavy atom. The lowest BCUT2D eigenvalue weighted by Crippen LogP contribution is -2.05. The number of anilines is 1. The fourth-order valence-corrected chi connectivity index (χ4v) is 3.24. The number of fused-ring (bicyclic) bond motifs is 1. The van der Waals surface area contributed by atoms with E-state index >= 15 is 0 Å². The average Bonchev–Trinajstić information content (AvgIpc) is 2.99. The summed E-state index contributed by atoms with van der Waals surface area (Å²) < 4.78 is 25.6. The van der Waals surface area contributed by atoms with Crippen LogP contribution in [-0.2, 0) is 9.84 Å². The standard InChI is InChI=1S/C18H15N5O2S/c1-26(24,25)18-20-15(12-8-4-2-5-9-12)14-16(19)23(22-17(14)21-18)13-10-6-3-7-11-13/h2-11H,19H2,1H3. The normalized spacial score (nSPS) is 11.7. The Kier molecular flexibility index (Phi) is 3.69. The molecule has 0 aliphatic rings. The van der Waals surface area contributed by atoms with Crippen molar-refractivity contribution >= 4 is 26.7 Å². The van der Waals surface area contributed by atoms with Crippen LogP contribution in [-0.4, -0.2) is 34.4 Å². The first-order valence-electron chi connectivity index (χ1n) is 7.82. The van der Waals surface area contributed by atoms with E-state index in [0.717, 1.165) is 17.5 Å². The summed E-state index contributed by atoms with van der Waals surface area (Å²) in [6.07, 6.45) is 1.07. The van der Waals surface area contributed by atoms with E-state index < -0.39 is 9.84 Å². The molecule has 130 valence electrons. The number of rotatable bonds is 3. The van der Waals surface area contributed by atoms with Crippen molar-refractivity contribution in [3.05, 3.63) is 60.7 Å². The first-order chi connectivity index (χ1) is 12.4. The molecule has 26 heavy (non-hydrogen) atoms. The van der Waals surface area contributed by atoms with Gasteiger partial charge in [0.25, 0.3) is 0 Å². The molecule has 0 amide bonds. The highest BCUT2D eigenvalue weighted by Crippen LogP contribution is 2.32. The Morgan fingerprint density at radius 1 is 0.923 bits per heavy atom. The van der Waals surface area contributed by atoms with Gasteiger partial charge in [-0.15, -0.1) is 5.10 Å². The number of para-hydroxylation sites is 1. The van der Waals surface area contributed by atoms with E-state index in [0.29, 0.717) is 16.9 Å². The van der Waals surface area contributed by atoms with Gasteiger partial charge in [-0.2, -0.15) is 4.98 Å². The van der Waals surface area contributed by atoms with Crippen LogP contribution in [0.2, 0.25) is 0 Å². The fourth-order valence-electron chi connectivity index (χ4n) is 2.73. The lowest BCUT2D eigenvalue weighted by molar-refractivity contribution is 0.593. The molecular formula is C18H15N5O2S. The van der Waals surface area contributed by atoms with Gasteiger partial charge in [-0.05, 0) is 12.1 Å². The topological polar surface area (TPSA) is 104 Å². The van der Waals surface area contributed by atoms with E-state index in [4.69, 9.17) is 5.73 Å². The highest BCUT2D eigenvalue weighted by molar-refractivity contribution is 7.90. The Labute approximate surface area is 150 Å². The van der Waals surface area contributed by atoms with E-state index in [1.807, 2.05) is 60.7 Å². The van der Waals surface area contributed by atoms with Crippen LogP contribution in [0.15, 0.2) is 65.8 Å². The van der Waals surface area contributed by atoms with Crippen molar-refractivity contribution in [2.75, 3.05) is 12.0 Å². The zero-order chi connectivity index (χ0) is 18.3. The van der Waals surface area contributed by atoms with Crippen molar-refractivity contribution in [1.29, 1.82) is 0 Å². The van der Waals surface area contributed by atoms with Gasteiger partial charge in [0.1, 0.15) is 5.82 Å². The Morgan fingerprint density at radius 2 is 1.54 bits per heavy atom. The molecule has 7 nitrogen and oxygen atoms in total. The quantitative estimate of drug-likeness (QED) is 0.559. The fraction of sp³-hybridized carbons (Fsp3) is 0.0556. The van der Waals surface area contributed by atoms with Crippen LogP contribution in [0.3, 0.4) is 0 Å². The molecule has 0 aliphatic heterocycles. The van der Waals surface area contributed by atoms with Crippen LogP contribution in [0.25, 0.3) is 28.0 Å². The maximum atomic E-state index is 12.0. The summed E-state index contributed by atoms with van der Waals surface area (Å²) in [7, 11) is -3.61. The molecule has 8 heteroatoms. The number of benzene rings is 2.